The van der Waals surface area contributed by atoms with Crippen LogP contribution in [0.5, 0.6) is 0 Å². The van der Waals surface area contributed by atoms with Gasteiger partial charge in [0, 0.05) is 16.7 Å². The zero-order valence-electron chi connectivity index (χ0n) is 13.0. The Balaban J connectivity index is 1.95. The van der Waals surface area contributed by atoms with E-state index in [1.807, 2.05) is 0 Å². The van der Waals surface area contributed by atoms with Gasteiger partial charge in [-0.05, 0) is 53.8 Å². The highest BCUT2D eigenvalue weighted by molar-refractivity contribution is 6.04. The second-order valence-electron chi connectivity index (χ2n) is 6.06. The predicted octanol–water partition coefficient (Wildman–Crippen LogP) is 6.17. The Bertz CT molecular complexity index is 1020. The lowest BCUT2D eigenvalue weighted by molar-refractivity contribution is 0.512. The number of hydrogen-bond donors (Lipinski definition) is 0. The third-order valence-corrected chi connectivity index (χ3v) is 4.56. The molecule has 4 rings (SSSR count). The summed E-state index contributed by atoms with van der Waals surface area (Å²) in [4.78, 5) is 0. The minimum Gasteiger partial charge on any atom is -0.207 e. The zero-order chi connectivity index (χ0) is 17.2. The first-order chi connectivity index (χ1) is 11.4. The van der Waals surface area contributed by atoms with Gasteiger partial charge in [-0.15, -0.1) is 0 Å². The molecule has 0 heterocycles. The van der Waals surface area contributed by atoms with Gasteiger partial charge in [0.15, 0.2) is 11.6 Å². The van der Waals surface area contributed by atoms with Gasteiger partial charge in [-0.1, -0.05) is 24.3 Å². The van der Waals surface area contributed by atoms with Crippen molar-refractivity contribution in [3.05, 3.63) is 70.8 Å². The first-order valence-electron chi connectivity index (χ1n) is 7.48. The van der Waals surface area contributed by atoms with E-state index >= 15 is 0 Å². The van der Waals surface area contributed by atoms with E-state index in [-0.39, 0.29) is 22.3 Å². The maximum atomic E-state index is 14.5. The van der Waals surface area contributed by atoms with Crippen molar-refractivity contribution in [2.45, 2.75) is 13.8 Å². The molecular weight excluding hydrogens is 316 g/mol. The fourth-order valence-electron chi connectivity index (χ4n) is 3.14. The van der Waals surface area contributed by atoms with Crippen LogP contribution in [0.25, 0.3) is 33.4 Å². The summed E-state index contributed by atoms with van der Waals surface area (Å²) in [6.45, 7) is 3.17. The highest BCUT2D eigenvalue weighted by Crippen LogP contribution is 2.52. The highest BCUT2D eigenvalue weighted by Gasteiger charge is 2.33. The van der Waals surface area contributed by atoms with E-state index in [4.69, 9.17) is 0 Å². The molecule has 4 heteroatoms. The van der Waals surface area contributed by atoms with Gasteiger partial charge in [0.2, 0.25) is 0 Å². The Morgan fingerprint density at radius 2 is 1.25 bits per heavy atom. The minimum absolute atomic E-state index is 0.0308. The molecule has 3 aromatic rings. The molecule has 0 fully saturated rings. The van der Waals surface area contributed by atoms with Crippen LogP contribution in [-0.2, 0) is 0 Å². The molecule has 0 unspecified atom stereocenters. The van der Waals surface area contributed by atoms with Gasteiger partial charge in [-0.3, -0.25) is 0 Å². The maximum Gasteiger partial charge on any atom is 0.168 e. The van der Waals surface area contributed by atoms with Crippen LogP contribution < -0.4 is 0 Å². The van der Waals surface area contributed by atoms with Crippen molar-refractivity contribution in [1.82, 2.24) is 0 Å². The molecule has 0 radical (unpaired) electrons. The third-order valence-electron chi connectivity index (χ3n) is 4.56. The van der Waals surface area contributed by atoms with Gasteiger partial charge in [-0.25, -0.2) is 17.6 Å². The lowest BCUT2D eigenvalue weighted by atomic mass is 9.77. The quantitative estimate of drug-likeness (QED) is 0.366. The molecule has 0 nitrogen and oxygen atoms in total. The molecule has 0 saturated heterocycles. The van der Waals surface area contributed by atoms with Crippen molar-refractivity contribution < 1.29 is 17.6 Å². The monoisotopic (exact) mass is 328 g/mol. The van der Waals surface area contributed by atoms with E-state index in [2.05, 4.69) is 0 Å². The summed E-state index contributed by atoms with van der Waals surface area (Å²) in [7, 11) is 0. The lowest BCUT2D eigenvalue weighted by Crippen LogP contribution is -2.09. The molecular formula is C20H12F4. The summed E-state index contributed by atoms with van der Waals surface area (Å²) in [5.41, 5.74) is 2.08. The van der Waals surface area contributed by atoms with Crippen LogP contribution in [-0.4, -0.2) is 0 Å². The number of rotatable bonds is 1. The summed E-state index contributed by atoms with van der Waals surface area (Å²) in [6.07, 6.45) is 0. The molecule has 0 N–H and O–H groups in total. The average molecular weight is 328 g/mol. The third kappa shape index (κ3) is 1.86. The molecule has 0 aromatic heterocycles. The molecule has 24 heavy (non-hydrogen) atoms. The van der Waals surface area contributed by atoms with Gasteiger partial charge in [0.1, 0.15) is 11.6 Å². The van der Waals surface area contributed by atoms with Crippen LogP contribution in [0, 0.1) is 37.1 Å². The number of halogens is 4. The fraction of sp³-hybridized carbons (Fsp3) is 0.100. The summed E-state index contributed by atoms with van der Waals surface area (Å²) < 4.78 is 57.0. The van der Waals surface area contributed by atoms with Crippen LogP contribution >= 0.6 is 0 Å². The molecule has 120 valence electrons. The molecule has 1 aliphatic rings. The van der Waals surface area contributed by atoms with Crippen molar-refractivity contribution in [3.8, 4) is 33.4 Å². The number of hydrogen-bond acceptors (Lipinski definition) is 0. The van der Waals surface area contributed by atoms with E-state index in [1.54, 1.807) is 26.0 Å². The summed E-state index contributed by atoms with van der Waals surface area (Å²) in [5, 5.41) is 0. The Morgan fingerprint density at radius 1 is 0.583 bits per heavy atom. The maximum absolute atomic E-state index is 14.5. The molecule has 3 aromatic carbocycles. The summed E-state index contributed by atoms with van der Waals surface area (Å²) in [5.74, 6) is -3.21. The van der Waals surface area contributed by atoms with Crippen molar-refractivity contribution in [1.29, 1.82) is 0 Å². The Kier molecular flexibility index (Phi) is 3.07. The molecule has 0 aliphatic heterocycles. The lowest BCUT2D eigenvalue weighted by Gasteiger charge is -2.27. The summed E-state index contributed by atoms with van der Waals surface area (Å²) >= 11 is 0. The van der Waals surface area contributed by atoms with E-state index < -0.39 is 23.3 Å². The average Bonchev–Trinajstić information content (AvgIpc) is 2.53. The van der Waals surface area contributed by atoms with Crippen LogP contribution in [0.1, 0.15) is 11.1 Å². The second kappa shape index (κ2) is 4.94. The first kappa shape index (κ1) is 14.9. The van der Waals surface area contributed by atoms with Gasteiger partial charge in [0.05, 0.1) is 0 Å². The van der Waals surface area contributed by atoms with Crippen molar-refractivity contribution >= 4 is 0 Å². The number of benzene rings is 3. The minimum atomic E-state index is -1.10. The Hall–Kier alpha value is -2.62. The summed E-state index contributed by atoms with van der Waals surface area (Å²) in [6, 6.07) is 8.97. The SMILES string of the molecule is Cc1ccc(-c2cc3c(c(F)c2F)-c2c-3ccc(C)c2F)cc1F. The standard InChI is InChI=1S/C20H12F4/c1-9-3-5-11(7-15(9)21)13-8-14-12-6-4-10(2)18(22)16(12)17(14)20(24)19(13)23/h3-8H,1-2H3. The molecule has 0 spiro atoms. The Morgan fingerprint density at radius 3 is 1.96 bits per heavy atom. The highest BCUT2D eigenvalue weighted by atomic mass is 19.2. The van der Waals surface area contributed by atoms with Crippen LogP contribution in [0.4, 0.5) is 17.6 Å². The normalized spacial score (nSPS) is 11.8. The number of fused-ring (bicyclic) bond motifs is 4. The molecule has 1 aliphatic carbocycles. The molecule has 0 bridgehead atoms. The smallest absolute Gasteiger partial charge is 0.168 e. The predicted molar refractivity (Wildman–Crippen MR) is 85.6 cm³/mol. The second-order valence-corrected chi connectivity index (χ2v) is 6.06. The van der Waals surface area contributed by atoms with Crippen molar-refractivity contribution in [2.24, 2.45) is 0 Å². The van der Waals surface area contributed by atoms with Gasteiger partial charge in [0.25, 0.3) is 0 Å². The van der Waals surface area contributed by atoms with Gasteiger partial charge >= 0.3 is 0 Å². The molecule has 0 atom stereocenters. The zero-order valence-corrected chi connectivity index (χ0v) is 13.0. The topological polar surface area (TPSA) is 0 Å². The van der Waals surface area contributed by atoms with Gasteiger partial charge < -0.3 is 0 Å². The Labute approximate surface area is 136 Å². The first-order valence-corrected chi connectivity index (χ1v) is 7.48. The largest absolute Gasteiger partial charge is 0.207 e. The van der Waals surface area contributed by atoms with E-state index in [0.29, 0.717) is 22.3 Å². The molecule has 0 saturated carbocycles. The van der Waals surface area contributed by atoms with Crippen LogP contribution in [0.2, 0.25) is 0 Å². The van der Waals surface area contributed by atoms with E-state index in [9.17, 15) is 17.6 Å². The van der Waals surface area contributed by atoms with Crippen LogP contribution in [0.3, 0.4) is 0 Å². The van der Waals surface area contributed by atoms with Gasteiger partial charge in [-0.2, -0.15) is 0 Å². The van der Waals surface area contributed by atoms with Crippen LogP contribution in [0.15, 0.2) is 36.4 Å². The van der Waals surface area contributed by atoms with Crippen molar-refractivity contribution in [2.75, 3.05) is 0 Å². The number of aryl methyl sites for hydroxylation is 2. The van der Waals surface area contributed by atoms with Crippen molar-refractivity contribution in [3.63, 3.8) is 0 Å². The fourth-order valence-corrected chi connectivity index (χ4v) is 3.14. The van der Waals surface area contributed by atoms with E-state index in [0.717, 1.165) is 0 Å². The molecule has 0 amide bonds. The van der Waals surface area contributed by atoms with E-state index in [1.165, 1.54) is 24.3 Å².